The number of carbonyl (C=O) groups is 1. The number of hydrogen-bond acceptors (Lipinski definition) is 1. The van der Waals surface area contributed by atoms with Gasteiger partial charge in [-0.15, -0.1) is 0 Å². The van der Waals surface area contributed by atoms with Crippen LogP contribution in [0.25, 0.3) is 0 Å². The standard InChI is InChI=1S/C12H12O/c1-8-6-10(7-13)9(2)12-5-3-4-11(8)12/h3-5,7,10-11H,1-2,6H2. The van der Waals surface area contributed by atoms with Crippen LogP contribution in [0, 0.1) is 11.8 Å². The minimum atomic E-state index is -0.0464. The molecule has 0 bridgehead atoms. The third-order valence-electron chi connectivity index (χ3n) is 2.82. The highest BCUT2D eigenvalue weighted by molar-refractivity contribution is 5.66. The Morgan fingerprint density at radius 3 is 2.92 bits per heavy atom. The Morgan fingerprint density at radius 1 is 1.46 bits per heavy atom. The maximum atomic E-state index is 10.8. The Morgan fingerprint density at radius 2 is 2.23 bits per heavy atom. The average Bonchev–Trinajstić information content (AvgIpc) is 2.60. The normalized spacial score (nSPS) is 31.5. The molecule has 2 unspecified atom stereocenters. The van der Waals surface area contributed by atoms with Crippen LogP contribution in [0.15, 0.2) is 48.1 Å². The highest BCUT2D eigenvalue weighted by Gasteiger charge is 2.30. The van der Waals surface area contributed by atoms with E-state index < -0.39 is 0 Å². The molecular weight excluding hydrogens is 160 g/mol. The molecule has 2 aliphatic rings. The quantitative estimate of drug-likeness (QED) is 0.438. The largest absolute Gasteiger partial charge is 0.303 e. The number of carbonyl (C=O) groups excluding carboxylic acids is 1. The summed E-state index contributed by atoms with van der Waals surface area (Å²) in [5, 5.41) is 0. The Balaban J connectivity index is 2.36. The molecule has 0 spiro atoms. The van der Waals surface area contributed by atoms with Gasteiger partial charge in [-0.05, 0) is 17.6 Å². The zero-order valence-electron chi connectivity index (χ0n) is 7.49. The molecule has 1 nitrogen and oxygen atoms in total. The van der Waals surface area contributed by atoms with Crippen molar-refractivity contribution in [1.29, 1.82) is 0 Å². The van der Waals surface area contributed by atoms with Crippen molar-refractivity contribution in [3.8, 4) is 0 Å². The summed E-state index contributed by atoms with van der Waals surface area (Å²) in [6.07, 6.45) is 7.90. The van der Waals surface area contributed by atoms with Crippen molar-refractivity contribution in [1.82, 2.24) is 0 Å². The summed E-state index contributed by atoms with van der Waals surface area (Å²) in [4.78, 5) is 10.8. The molecule has 13 heavy (non-hydrogen) atoms. The van der Waals surface area contributed by atoms with Gasteiger partial charge >= 0.3 is 0 Å². The van der Waals surface area contributed by atoms with Gasteiger partial charge in [0, 0.05) is 11.8 Å². The van der Waals surface area contributed by atoms with E-state index in [-0.39, 0.29) is 5.92 Å². The summed E-state index contributed by atoms with van der Waals surface area (Å²) in [5.41, 5.74) is 3.27. The molecule has 2 aliphatic carbocycles. The number of hydrogen-bond donors (Lipinski definition) is 0. The van der Waals surface area contributed by atoms with Crippen LogP contribution in [-0.2, 0) is 4.79 Å². The van der Waals surface area contributed by atoms with Crippen molar-refractivity contribution in [2.45, 2.75) is 6.42 Å². The van der Waals surface area contributed by atoms with Crippen LogP contribution in [0.4, 0.5) is 0 Å². The Bertz CT molecular complexity index is 344. The van der Waals surface area contributed by atoms with E-state index in [0.717, 1.165) is 23.9 Å². The van der Waals surface area contributed by atoms with Crippen molar-refractivity contribution in [3.63, 3.8) is 0 Å². The summed E-state index contributed by atoms with van der Waals surface area (Å²) in [5.74, 6) is 0.276. The van der Waals surface area contributed by atoms with Crippen molar-refractivity contribution in [2.75, 3.05) is 0 Å². The van der Waals surface area contributed by atoms with Crippen molar-refractivity contribution >= 4 is 6.29 Å². The fourth-order valence-electron chi connectivity index (χ4n) is 2.02. The number of fused-ring (bicyclic) bond motifs is 1. The lowest BCUT2D eigenvalue weighted by atomic mass is 9.74. The fraction of sp³-hybridized carbons (Fsp3) is 0.250. The summed E-state index contributed by atoms with van der Waals surface area (Å²) < 4.78 is 0. The molecule has 2 atom stereocenters. The molecule has 1 heteroatoms. The van der Waals surface area contributed by atoms with Crippen LogP contribution in [-0.4, -0.2) is 6.29 Å². The van der Waals surface area contributed by atoms with Gasteiger partial charge in [0.1, 0.15) is 6.29 Å². The van der Waals surface area contributed by atoms with Gasteiger partial charge in [-0.25, -0.2) is 0 Å². The predicted molar refractivity (Wildman–Crippen MR) is 53.2 cm³/mol. The van der Waals surface area contributed by atoms with Gasteiger partial charge < -0.3 is 4.79 Å². The first kappa shape index (κ1) is 8.24. The molecule has 0 aromatic heterocycles. The third-order valence-corrected chi connectivity index (χ3v) is 2.82. The van der Waals surface area contributed by atoms with E-state index in [9.17, 15) is 4.79 Å². The van der Waals surface area contributed by atoms with Gasteiger partial charge in [0.15, 0.2) is 0 Å². The minimum absolute atomic E-state index is 0.0464. The minimum Gasteiger partial charge on any atom is -0.303 e. The fourth-order valence-corrected chi connectivity index (χ4v) is 2.02. The molecule has 0 radical (unpaired) electrons. The van der Waals surface area contributed by atoms with E-state index in [1.807, 2.05) is 12.2 Å². The zero-order valence-corrected chi connectivity index (χ0v) is 7.49. The maximum Gasteiger partial charge on any atom is 0.127 e. The summed E-state index contributed by atoms with van der Waals surface area (Å²) in [6, 6.07) is 0. The van der Waals surface area contributed by atoms with E-state index in [2.05, 4.69) is 19.2 Å². The number of rotatable bonds is 1. The molecule has 0 aromatic carbocycles. The van der Waals surface area contributed by atoms with Crippen LogP contribution >= 0.6 is 0 Å². The number of aldehydes is 1. The lowest BCUT2D eigenvalue weighted by molar-refractivity contribution is -0.110. The summed E-state index contributed by atoms with van der Waals surface area (Å²) in [6.45, 7) is 7.96. The molecule has 0 aliphatic heterocycles. The van der Waals surface area contributed by atoms with Crippen LogP contribution < -0.4 is 0 Å². The summed E-state index contributed by atoms with van der Waals surface area (Å²) in [7, 11) is 0. The number of allylic oxidation sites excluding steroid dienone is 6. The molecule has 1 saturated carbocycles. The van der Waals surface area contributed by atoms with Gasteiger partial charge in [0.2, 0.25) is 0 Å². The van der Waals surface area contributed by atoms with Crippen LogP contribution in [0.2, 0.25) is 0 Å². The van der Waals surface area contributed by atoms with E-state index in [4.69, 9.17) is 0 Å². The van der Waals surface area contributed by atoms with Crippen molar-refractivity contribution in [3.05, 3.63) is 48.1 Å². The van der Waals surface area contributed by atoms with Crippen molar-refractivity contribution < 1.29 is 4.79 Å². The molecular formula is C12H12O. The Labute approximate surface area is 78.1 Å². The molecule has 0 saturated heterocycles. The van der Waals surface area contributed by atoms with Crippen LogP contribution in [0.5, 0.6) is 0 Å². The second kappa shape index (κ2) is 2.84. The first-order chi connectivity index (χ1) is 6.24. The monoisotopic (exact) mass is 172 g/mol. The van der Waals surface area contributed by atoms with Gasteiger partial charge in [-0.1, -0.05) is 37.0 Å². The lowest BCUT2D eigenvalue weighted by Gasteiger charge is -2.29. The van der Waals surface area contributed by atoms with E-state index >= 15 is 0 Å². The Kier molecular flexibility index (Phi) is 1.80. The maximum absolute atomic E-state index is 10.8. The van der Waals surface area contributed by atoms with Gasteiger partial charge in [-0.3, -0.25) is 0 Å². The first-order valence-electron chi connectivity index (χ1n) is 4.44. The second-order valence-corrected chi connectivity index (χ2v) is 3.61. The predicted octanol–water partition coefficient (Wildman–Crippen LogP) is 2.43. The molecule has 66 valence electrons. The zero-order chi connectivity index (χ0) is 9.42. The molecule has 0 aromatic rings. The topological polar surface area (TPSA) is 17.1 Å². The highest BCUT2D eigenvalue weighted by Crippen LogP contribution is 2.41. The van der Waals surface area contributed by atoms with E-state index in [0.29, 0.717) is 5.92 Å². The van der Waals surface area contributed by atoms with Crippen LogP contribution in [0.3, 0.4) is 0 Å². The van der Waals surface area contributed by atoms with Crippen LogP contribution in [0.1, 0.15) is 6.42 Å². The van der Waals surface area contributed by atoms with Gasteiger partial charge in [0.05, 0.1) is 0 Å². The third kappa shape index (κ3) is 1.12. The SMILES string of the molecule is C=C1C2=CC=CC2C(=C)CC1C=O. The Hall–Kier alpha value is -1.37. The van der Waals surface area contributed by atoms with Gasteiger partial charge in [-0.2, -0.15) is 0 Å². The highest BCUT2D eigenvalue weighted by atomic mass is 16.1. The average molecular weight is 172 g/mol. The molecule has 2 rings (SSSR count). The molecule has 0 heterocycles. The lowest BCUT2D eigenvalue weighted by Crippen LogP contribution is -2.20. The van der Waals surface area contributed by atoms with E-state index in [1.165, 1.54) is 5.57 Å². The molecule has 0 N–H and O–H groups in total. The molecule has 1 fully saturated rings. The van der Waals surface area contributed by atoms with Crippen molar-refractivity contribution in [2.24, 2.45) is 11.8 Å². The second-order valence-electron chi connectivity index (χ2n) is 3.61. The van der Waals surface area contributed by atoms with E-state index in [1.54, 1.807) is 0 Å². The first-order valence-corrected chi connectivity index (χ1v) is 4.44. The molecule has 0 amide bonds. The van der Waals surface area contributed by atoms with Gasteiger partial charge in [0.25, 0.3) is 0 Å². The summed E-state index contributed by atoms with van der Waals surface area (Å²) >= 11 is 0. The smallest absolute Gasteiger partial charge is 0.127 e.